The average Bonchev–Trinajstić information content (AvgIpc) is 3.43. The van der Waals surface area contributed by atoms with Crippen molar-refractivity contribution < 1.29 is 23.8 Å². The molecule has 2 aromatic heterocycles. The van der Waals surface area contributed by atoms with E-state index in [1.807, 2.05) is 20.8 Å². The smallest absolute Gasteiger partial charge is 0.302 e. The fourth-order valence-corrected chi connectivity index (χ4v) is 4.27. The zero-order valence-electron chi connectivity index (χ0n) is 16.7. The Hall–Kier alpha value is -3.39. The van der Waals surface area contributed by atoms with Gasteiger partial charge in [-0.1, -0.05) is 0 Å². The second-order valence-corrected chi connectivity index (χ2v) is 7.96. The molecule has 1 N–H and O–H groups in total. The van der Waals surface area contributed by atoms with Gasteiger partial charge in [0.05, 0.1) is 24.1 Å². The van der Waals surface area contributed by atoms with E-state index in [1.54, 1.807) is 36.4 Å². The fourth-order valence-electron chi connectivity index (χ4n) is 3.34. The Morgan fingerprint density at radius 3 is 2.53 bits per heavy atom. The minimum atomic E-state index is -0.906. The Balaban J connectivity index is 1.86. The number of aryl methyl sites for hydroxylation is 2. The van der Waals surface area contributed by atoms with Gasteiger partial charge in [0.2, 0.25) is 0 Å². The highest BCUT2D eigenvalue weighted by Crippen LogP contribution is 2.43. The summed E-state index contributed by atoms with van der Waals surface area (Å²) in [6.45, 7) is 6.13. The summed E-state index contributed by atoms with van der Waals surface area (Å²) < 4.78 is 11.0. The van der Waals surface area contributed by atoms with Crippen molar-refractivity contribution in [2.24, 2.45) is 0 Å². The van der Waals surface area contributed by atoms with Crippen LogP contribution in [0.5, 0.6) is 5.75 Å². The molecule has 154 valence electrons. The number of nitrogens with zero attached hydrogens (tertiary/aromatic N) is 2. The summed E-state index contributed by atoms with van der Waals surface area (Å²) in [5.74, 6) is -0.797. The van der Waals surface area contributed by atoms with Crippen LogP contribution in [0.4, 0.5) is 5.13 Å². The lowest BCUT2D eigenvalue weighted by atomic mass is 9.99. The minimum absolute atomic E-state index is 0.0374. The monoisotopic (exact) mass is 424 g/mol. The average molecular weight is 424 g/mol. The van der Waals surface area contributed by atoms with E-state index < -0.39 is 17.7 Å². The Morgan fingerprint density at radius 1 is 1.23 bits per heavy atom. The molecule has 0 radical (unpaired) electrons. The van der Waals surface area contributed by atoms with E-state index in [-0.39, 0.29) is 11.3 Å². The second kappa shape index (κ2) is 7.79. The molecule has 1 atom stereocenters. The van der Waals surface area contributed by atoms with Gasteiger partial charge in [-0.05, 0) is 57.2 Å². The highest BCUT2D eigenvalue weighted by molar-refractivity contribution is 7.16. The minimum Gasteiger partial charge on any atom is -0.507 e. The first-order valence-corrected chi connectivity index (χ1v) is 10.3. The van der Waals surface area contributed by atoms with Crippen LogP contribution in [0.1, 0.15) is 34.9 Å². The fraction of sp³-hybridized carbons (Fsp3) is 0.227. The van der Waals surface area contributed by atoms with Crippen molar-refractivity contribution in [2.75, 3.05) is 11.5 Å². The molecule has 1 amide bonds. The van der Waals surface area contributed by atoms with E-state index in [1.165, 1.54) is 22.5 Å². The van der Waals surface area contributed by atoms with E-state index in [0.717, 1.165) is 10.6 Å². The van der Waals surface area contributed by atoms with Crippen LogP contribution in [0.2, 0.25) is 0 Å². The Labute approximate surface area is 177 Å². The maximum atomic E-state index is 13.0. The topological polar surface area (TPSA) is 92.9 Å². The van der Waals surface area contributed by atoms with Gasteiger partial charge in [0, 0.05) is 10.4 Å². The molecule has 1 aliphatic rings. The number of rotatable bonds is 5. The van der Waals surface area contributed by atoms with Gasteiger partial charge in [0.1, 0.15) is 23.3 Å². The number of ether oxygens (including phenoxy) is 1. The number of ketones is 1. The Bertz CT molecular complexity index is 1110. The summed E-state index contributed by atoms with van der Waals surface area (Å²) in [6.07, 6.45) is 1.46. The van der Waals surface area contributed by atoms with E-state index in [2.05, 4.69) is 4.98 Å². The highest BCUT2D eigenvalue weighted by Gasteiger charge is 2.49. The third-order valence-electron chi connectivity index (χ3n) is 4.92. The summed E-state index contributed by atoms with van der Waals surface area (Å²) in [6, 6.07) is 9.12. The van der Waals surface area contributed by atoms with Crippen LogP contribution in [0.15, 0.2) is 52.7 Å². The number of aromatic nitrogens is 1. The third-order valence-corrected chi connectivity index (χ3v) is 5.99. The molecule has 1 aromatic carbocycles. The van der Waals surface area contributed by atoms with Crippen LogP contribution in [0.3, 0.4) is 0 Å². The van der Waals surface area contributed by atoms with Crippen molar-refractivity contribution >= 4 is 33.9 Å². The largest absolute Gasteiger partial charge is 0.507 e. The van der Waals surface area contributed by atoms with Crippen molar-refractivity contribution in [1.82, 2.24) is 4.98 Å². The van der Waals surface area contributed by atoms with Crippen LogP contribution in [0, 0.1) is 13.8 Å². The van der Waals surface area contributed by atoms with Gasteiger partial charge in [0.25, 0.3) is 5.78 Å². The first-order valence-electron chi connectivity index (χ1n) is 9.44. The first kappa shape index (κ1) is 19.9. The molecular formula is C22H20N2O5S. The molecular weight excluding hydrogens is 404 g/mol. The van der Waals surface area contributed by atoms with Crippen molar-refractivity contribution in [2.45, 2.75) is 26.8 Å². The molecule has 1 aliphatic heterocycles. The molecule has 1 saturated heterocycles. The van der Waals surface area contributed by atoms with Crippen molar-refractivity contribution in [3.8, 4) is 5.75 Å². The van der Waals surface area contributed by atoms with Gasteiger partial charge < -0.3 is 14.3 Å². The number of furan rings is 1. The van der Waals surface area contributed by atoms with Crippen molar-refractivity contribution in [3.05, 3.63) is 70.1 Å². The lowest BCUT2D eigenvalue weighted by Gasteiger charge is -2.20. The van der Waals surface area contributed by atoms with Crippen LogP contribution in [-0.2, 0) is 9.59 Å². The number of anilines is 1. The molecule has 3 aromatic rings. The van der Waals surface area contributed by atoms with Crippen LogP contribution < -0.4 is 9.64 Å². The molecule has 1 fully saturated rings. The summed E-state index contributed by atoms with van der Waals surface area (Å²) in [7, 11) is 0. The number of hydrogen-bond donors (Lipinski definition) is 1. The van der Waals surface area contributed by atoms with Gasteiger partial charge >= 0.3 is 5.91 Å². The van der Waals surface area contributed by atoms with Crippen molar-refractivity contribution in [3.63, 3.8) is 0 Å². The van der Waals surface area contributed by atoms with Gasteiger partial charge in [-0.15, -0.1) is 11.3 Å². The quantitative estimate of drug-likeness (QED) is 0.371. The number of aliphatic hydroxyl groups excluding tert-OH is 1. The molecule has 0 aliphatic carbocycles. The van der Waals surface area contributed by atoms with E-state index in [9.17, 15) is 14.7 Å². The maximum Gasteiger partial charge on any atom is 0.302 e. The van der Waals surface area contributed by atoms with Gasteiger partial charge in [-0.3, -0.25) is 14.5 Å². The summed E-state index contributed by atoms with van der Waals surface area (Å²) in [5.41, 5.74) is 1.14. The molecule has 0 spiro atoms. The number of benzene rings is 1. The van der Waals surface area contributed by atoms with Gasteiger partial charge in [0.15, 0.2) is 5.13 Å². The Morgan fingerprint density at radius 2 is 1.97 bits per heavy atom. The first-order chi connectivity index (χ1) is 14.4. The summed E-state index contributed by atoms with van der Waals surface area (Å²) in [5, 5.41) is 11.4. The van der Waals surface area contributed by atoms with Crippen LogP contribution in [0.25, 0.3) is 5.76 Å². The lowest BCUT2D eigenvalue weighted by molar-refractivity contribution is -0.132. The van der Waals surface area contributed by atoms with E-state index in [4.69, 9.17) is 9.15 Å². The SMILES string of the molecule is CCOc1ccc(/C(O)=C2/C(=O)C(=O)N(c3nc(C)c(C)s3)[C@@H]2c2ccco2)cc1. The maximum absolute atomic E-state index is 13.0. The lowest BCUT2D eigenvalue weighted by Crippen LogP contribution is -2.29. The van der Waals surface area contributed by atoms with Gasteiger partial charge in [-0.25, -0.2) is 4.98 Å². The molecule has 3 heterocycles. The number of aliphatic hydroxyl groups is 1. The third kappa shape index (κ3) is 3.29. The zero-order chi connectivity index (χ0) is 21.4. The molecule has 4 rings (SSSR count). The zero-order valence-corrected chi connectivity index (χ0v) is 17.5. The molecule has 30 heavy (non-hydrogen) atoms. The predicted octanol–water partition coefficient (Wildman–Crippen LogP) is 4.38. The molecule has 0 saturated carbocycles. The molecule has 0 unspecified atom stereocenters. The van der Waals surface area contributed by atoms with Crippen LogP contribution >= 0.6 is 11.3 Å². The second-order valence-electron chi connectivity index (χ2n) is 6.78. The van der Waals surface area contributed by atoms with Crippen molar-refractivity contribution in [1.29, 1.82) is 0 Å². The number of thiazole rings is 1. The highest BCUT2D eigenvalue weighted by atomic mass is 32.1. The number of hydrogen-bond acceptors (Lipinski definition) is 7. The summed E-state index contributed by atoms with van der Waals surface area (Å²) in [4.78, 5) is 32.6. The number of Topliss-reactive ketones (excluding diaryl/α,β-unsaturated/α-hetero) is 1. The van der Waals surface area contributed by atoms with Crippen LogP contribution in [-0.4, -0.2) is 28.4 Å². The van der Waals surface area contributed by atoms with Gasteiger partial charge in [-0.2, -0.15) is 0 Å². The normalized spacial score (nSPS) is 18.2. The predicted molar refractivity (Wildman–Crippen MR) is 113 cm³/mol. The standard InChI is InChI=1S/C22H20N2O5S/c1-4-28-15-9-7-14(8-10-15)19(25)17-18(16-6-5-11-29-16)24(21(27)20(17)26)22-23-12(2)13(3)30-22/h5-11,18,25H,4H2,1-3H3/b19-17-/t18-/m1/s1. The van der Waals surface area contributed by atoms with E-state index in [0.29, 0.717) is 28.8 Å². The number of carbonyl (C=O) groups excluding carboxylic acids is 2. The molecule has 0 bridgehead atoms. The summed E-state index contributed by atoms with van der Waals surface area (Å²) >= 11 is 1.31. The molecule has 8 heteroatoms. The van der Waals surface area contributed by atoms with E-state index >= 15 is 0 Å². The molecule has 7 nitrogen and oxygen atoms in total. The Kier molecular flexibility index (Phi) is 5.17. The number of carbonyl (C=O) groups is 2. The number of amides is 1.